The molecule has 1 aromatic carbocycles. The topological polar surface area (TPSA) is 68.2 Å². The van der Waals surface area contributed by atoms with Gasteiger partial charge in [-0.25, -0.2) is 8.42 Å². The number of nitrogens with one attached hydrogen (secondary N) is 1. The van der Waals surface area contributed by atoms with Crippen molar-refractivity contribution in [1.29, 1.82) is 0 Å². The summed E-state index contributed by atoms with van der Waals surface area (Å²) in [5.41, 5.74) is 2.49. The van der Waals surface area contributed by atoms with E-state index in [1.165, 1.54) is 0 Å². The Kier molecular flexibility index (Phi) is 4.94. The third kappa shape index (κ3) is 4.01. The number of amides is 1. The highest BCUT2D eigenvalue weighted by atomic mass is 32.2. The van der Waals surface area contributed by atoms with Crippen molar-refractivity contribution in [3.63, 3.8) is 0 Å². The van der Waals surface area contributed by atoms with Gasteiger partial charge in [0.15, 0.2) is 9.84 Å². The minimum absolute atomic E-state index is 0.134. The Morgan fingerprint density at radius 3 is 2.26 bits per heavy atom. The Morgan fingerprint density at radius 1 is 1.13 bits per heavy atom. The summed E-state index contributed by atoms with van der Waals surface area (Å²) >= 11 is 0. The van der Waals surface area contributed by atoms with Crippen molar-refractivity contribution in [3.8, 4) is 0 Å². The van der Waals surface area contributed by atoms with Crippen LogP contribution in [0.2, 0.25) is 0 Å². The number of carbonyl (C=O) groups excluding carboxylic acids is 1. The molecule has 0 aliphatic heterocycles. The van der Waals surface area contributed by atoms with E-state index in [1.807, 2.05) is 19.9 Å². The van der Waals surface area contributed by atoms with Crippen molar-refractivity contribution < 1.29 is 13.2 Å². The maximum Gasteiger partial charge on any atom is 0.268 e. The summed E-state index contributed by atoms with van der Waals surface area (Å²) in [5.74, 6) is -0.405. The Bertz CT molecular complexity index is 805. The molecule has 5 nitrogen and oxygen atoms in total. The summed E-state index contributed by atoms with van der Waals surface area (Å²) in [6.07, 6.45) is 0. The Morgan fingerprint density at radius 2 is 1.74 bits per heavy atom. The fourth-order valence-electron chi connectivity index (χ4n) is 2.35. The number of nitrogens with zero attached hydrogens (tertiary/aromatic N) is 1. The first kappa shape index (κ1) is 17.3. The van der Waals surface area contributed by atoms with Gasteiger partial charge >= 0.3 is 0 Å². The summed E-state index contributed by atoms with van der Waals surface area (Å²) in [6.45, 7) is 5.50. The average Bonchev–Trinajstić information content (AvgIpc) is 2.78. The summed E-state index contributed by atoms with van der Waals surface area (Å²) in [6, 6.07) is 9.82. The zero-order valence-corrected chi connectivity index (χ0v) is 14.6. The SMILES string of the molecule is Cc1ccc(S(=O)(=O)CC(C)NC(=O)c2ccc(C)n2C)cc1. The molecule has 0 radical (unpaired) electrons. The van der Waals surface area contributed by atoms with Crippen molar-refractivity contribution in [2.75, 3.05) is 5.75 Å². The van der Waals surface area contributed by atoms with Crippen molar-refractivity contribution in [2.24, 2.45) is 7.05 Å². The summed E-state index contributed by atoms with van der Waals surface area (Å²) < 4.78 is 26.5. The summed E-state index contributed by atoms with van der Waals surface area (Å²) in [5, 5.41) is 2.75. The Hall–Kier alpha value is -2.08. The number of sulfone groups is 1. The van der Waals surface area contributed by atoms with E-state index < -0.39 is 15.9 Å². The lowest BCUT2D eigenvalue weighted by molar-refractivity contribution is 0.0935. The zero-order chi connectivity index (χ0) is 17.2. The van der Waals surface area contributed by atoms with Crippen LogP contribution in [0.15, 0.2) is 41.3 Å². The molecule has 0 fully saturated rings. The molecule has 1 N–H and O–H groups in total. The number of aromatic nitrogens is 1. The normalized spacial score (nSPS) is 12.9. The van der Waals surface area contributed by atoms with Crippen molar-refractivity contribution in [3.05, 3.63) is 53.3 Å². The van der Waals surface area contributed by atoms with Crippen LogP contribution in [0.4, 0.5) is 0 Å². The molecule has 23 heavy (non-hydrogen) atoms. The van der Waals surface area contributed by atoms with Gasteiger partial charge < -0.3 is 9.88 Å². The number of aryl methyl sites for hydroxylation is 2. The van der Waals surface area contributed by atoms with E-state index in [4.69, 9.17) is 0 Å². The minimum Gasteiger partial charge on any atom is -0.347 e. The molecule has 0 spiro atoms. The van der Waals surface area contributed by atoms with Gasteiger partial charge in [0.05, 0.1) is 10.6 Å². The highest BCUT2D eigenvalue weighted by Crippen LogP contribution is 2.13. The first-order valence-electron chi connectivity index (χ1n) is 7.43. The molecule has 6 heteroatoms. The maximum atomic E-state index is 12.4. The van der Waals surface area contributed by atoms with Crippen LogP contribution in [-0.2, 0) is 16.9 Å². The van der Waals surface area contributed by atoms with Crippen LogP contribution < -0.4 is 5.32 Å². The van der Waals surface area contributed by atoms with Crippen molar-refractivity contribution >= 4 is 15.7 Å². The van der Waals surface area contributed by atoms with Crippen LogP contribution in [0, 0.1) is 13.8 Å². The van der Waals surface area contributed by atoms with Gasteiger partial charge in [0.1, 0.15) is 5.69 Å². The molecular weight excluding hydrogens is 312 g/mol. The predicted octanol–water partition coefficient (Wildman–Crippen LogP) is 2.23. The van der Waals surface area contributed by atoms with Crippen molar-refractivity contribution in [2.45, 2.75) is 31.7 Å². The molecule has 0 bridgehead atoms. The van der Waals surface area contributed by atoms with E-state index in [0.717, 1.165) is 11.3 Å². The number of hydrogen-bond acceptors (Lipinski definition) is 3. The predicted molar refractivity (Wildman–Crippen MR) is 90.3 cm³/mol. The molecule has 0 aliphatic rings. The number of rotatable bonds is 5. The number of carbonyl (C=O) groups is 1. The monoisotopic (exact) mass is 334 g/mol. The fourth-order valence-corrected chi connectivity index (χ4v) is 3.84. The smallest absolute Gasteiger partial charge is 0.268 e. The minimum atomic E-state index is -3.43. The van der Waals surface area contributed by atoms with E-state index >= 15 is 0 Å². The summed E-state index contributed by atoms with van der Waals surface area (Å²) in [4.78, 5) is 12.5. The van der Waals surface area contributed by atoms with Gasteiger partial charge in [0.25, 0.3) is 5.91 Å². The van der Waals surface area contributed by atoms with Crippen molar-refractivity contribution in [1.82, 2.24) is 9.88 Å². The van der Waals surface area contributed by atoms with Crippen LogP contribution in [0.3, 0.4) is 0 Å². The lowest BCUT2D eigenvalue weighted by Crippen LogP contribution is -2.38. The largest absolute Gasteiger partial charge is 0.347 e. The van der Waals surface area contributed by atoms with Gasteiger partial charge in [0, 0.05) is 18.8 Å². The Labute approximate surface area is 137 Å². The lowest BCUT2D eigenvalue weighted by Gasteiger charge is -2.15. The zero-order valence-electron chi connectivity index (χ0n) is 13.8. The van der Waals surface area contributed by atoms with E-state index in [-0.39, 0.29) is 16.6 Å². The molecule has 1 unspecified atom stereocenters. The third-order valence-electron chi connectivity index (χ3n) is 3.83. The van der Waals surface area contributed by atoms with E-state index in [1.54, 1.807) is 48.9 Å². The van der Waals surface area contributed by atoms with Gasteiger partial charge in [-0.05, 0) is 45.0 Å². The van der Waals surface area contributed by atoms with E-state index in [9.17, 15) is 13.2 Å². The average molecular weight is 334 g/mol. The fraction of sp³-hybridized carbons (Fsp3) is 0.353. The van der Waals surface area contributed by atoms with Gasteiger partial charge in [-0.2, -0.15) is 0 Å². The molecule has 1 aromatic heterocycles. The third-order valence-corrected chi connectivity index (χ3v) is 5.76. The molecule has 1 amide bonds. The van der Waals surface area contributed by atoms with Crippen LogP contribution in [-0.4, -0.2) is 30.7 Å². The second-order valence-electron chi connectivity index (χ2n) is 5.89. The standard InChI is InChI=1S/C17H22N2O3S/c1-12-5-8-15(9-6-12)23(21,22)11-13(2)18-17(20)16-10-7-14(3)19(16)4/h5-10,13H,11H2,1-4H3,(H,18,20). The first-order chi connectivity index (χ1) is 10.7. The number of hydrogen-bond donors (Lipinski definition) is 1. The lowest BCUT2D eigenvalue weighted by atomic mass is 10.2. The molecule has 0 saturated carbocycles. The molecule has 0 aliphatic carbocycles. The highest BCUT2D eigenvalue weighted by molar-refractivity contribution is 7.91. The molecule has 1 atom stereocenters. The van der Waals surface area contributed by atoms with Crippen LogP contribution in [0.5, 0.6) is 0 Å². The second kappa shape index (κ2) is 6.58. The molecule has 2 aromatic rings. The number of benzene rings is 1. The van der Waals surface area contributed by atoms with Crippen LogP contribution >= 0.6 is 0 Å². The molecule has 1 heterocycles. The van der Waals surface area contributed by atoms with E-state index in [2.05, 4.69) is 5.32 Å². The quantitative estimate of drug-likeness (QED) is 0.912. The van der Waals surface area contributed by atoms with Gasteiger partial charge in [-0.15, -0.1) is 0 Å². The highest BCUT2D eigenvalue weighted by Gasteiger charge is 2.21. The molecule has 2 rings (SSSR count). The second-order valence-corrected chi connectivity index (χ2v) is 7.92. The van der Waals surface area contributed by atoms with E-state index in [0.29, 0.717) is 5.69 Å². The van der Waals surface area contributed by atoms with Gasteiger partial charge in [-0.1, -0.05) is 17.7 Å². The van der Waals surface area contributed by atoms with Gasteiger partial charge in [0.2, 0.25) is 0 Å². The molecule has 0 saturated heterocycles. The molecular formula is C17H22N2O3S. The van der Waals surface area contributed by atoms with Gasteiger partial charge in [-0.3, -0.25) is 4.79 Å². The van der Waals surface area contributed by atoms with Crippen LogP contribution in [0.25, 0.3) is 0 Å². The van der Waals surface area contributed by atoms with Crippen LogP contribution in [0.1, 0.15) is 28.7 Å². The Balaban J connectivity index is 2.06. The summed E-state index contributed by atoms with van der Waals surface area (Å²) in [7, 11) is -1.63. The molecule has 124 valence electrons. The maximum absolute atomic E-state index is 12.4. The first-order valence-corrected chi connectivity index (χ1v) is 9.08.